The molecule has 0 aromatic heterocycles. The zero-order chi connectivity index (χ0) is 10.2. The molecule has 3 fully saturated rings. The Morgan fingerprint density at radius 1 is 1.53 bits per heavy atom. The number of halogens is 1. The summed E-state index contributed by atoms with van der Waals surface area (Å²) in [7, 11) is 0. The second kappa shape index (κ2) is 2.55. The summed E-state index contributed by atoms with van der Waals surface area (Å²) in [6.07, 6.45) is 3.22. The third kappa shape index (κ3) is 0.879. The fraction of sp³-hybridized carbons (Fsp3) is 0.727. The van der Waals surface area contributed by atoms with E-state index in [0.29, 0.717) is 12.5 Å². The Hall–Kier alpha value is -0.190. The lowest BCUT2D eigenvalue weighted by molar-refractivity contribution is -0.140. The summed E-state index contributed by atoms with van der Waals surface area (Å²) in [5, 5.41) is 0. The highest BCUT2D eigenvalue weighted by Crippen LogP contribution is 2.59. The van der Waals surface area contributed by atoms with Crippen LogP contribution in [0.5, 0.6) is 0 Å². The van der Waals surface area contributed by atoms with Crippen LogP contribution < -0.4 is 0 Å². The normalized spacial score (nSPS) is 55.8. The van der Waals surface area contributed by atoms with E-state index in [9.17, 15) is 4.79 Å². The maximum atomic E-state index is 12.2. The van der Waals surface area contributed by atoms with Crippen LogP contribution >= 0.6 is 15.9 Å². The van der Waals surface area contributed by atoms with Crippen molar-refractivity contribution in [3.05, 3.63) is 10.6 Å². The summed E-state index contributed by atoms with van der Waals surface area (Å²) in [6, 6.07) is 0. The van der Waals surface area contributed by atoms with E-state index in [1.54, 1.807) is 0 Å². The molecular weight excluding hydrogens is 260 g/mol. The van der Waals surface area contributed by atoms with Crippen LogP contribution in [0.1, 0.15) is 6.42 Å². The summed E-state index contributed by atoms with van der Waals surface area (Å²) >= 11 is 3.60. The van der Waals surface area contributed by atoms with Gasteiger partial charge >= 0.3 is 0 Å². The average molecular weight is 271 g/mol. The van der Waals surface area contributed by atoms with E-state index in [1.165, 1.54) is 0 Å². The van der Waals surface area contributed by atoms with Crippen molar-refractivity contribution in [2.75, 3.05) is 13.2 Å². The zero-order valence-electron chi connectivity index (χ0n) is 8.11. The number of Topliss-reactive ketones (excluding diaryl/α,β-unsaturated/α-hetero) is 1. The third-order valence-electron chi connectivity index (χ3n) is 4.28. The fourth-order valence-corrected chi connectivity index (χ4v) is 4.55. The van der Waals surface area contributed by atoms with Gasteiger partial charge in [-0.25, -0.2) is 0 Å². The molecule has 80 valence electrons. The number of rotatable bonds is 0. The molecule has 3 unspecified atom stereocenters. The van der Waals surface area contributed by atoms with Gasteiger partial charge in [0.05, 0.1) is 18.6 Å². The monoisotopic (exact) mass is 270 g/mol. The van der Waals surface area contributed by atoms with Crippen LogP contribution in [0.4, 0.5) is 0 Å². The van der Waals surface area contributed by atoms with Crippen LogP contribution in [0.25, 0.3) is 0 Å². The molecule has 5 aliphatic rings. The number of hydrogen-bond acceptors (Lipinski definition) is 3. The van der Waals surface area contributed by atoms with Gasteiger partial charge in [-0.2, -0.15) is 0 Å². The highest BCUT2D eigenvalue weighted by Gasteiger charge is 2.70. The quantitative estimate of drug-likeness (QED) is 0.623. The molecule has 5 atom stereocenters. The van der Waals surface area contributed by atoms with E-state index in [1.807, 2.05) is 6.08 Å². The Labute approximate surface area is 95.9 Å². The van der Waals surface area contributed by atoms with Crippen LogP contribution in [0.3, 0.4) is 0 Å². The summed E-state index contributed by atoms with van der Waals surface area (Å²) in [5.74, 6) is 0.885. The molecule has 2 heterocycles. The van der Waals surface area contributed by atoms with Crippen LogP contribution in [0.15, 0.2) is 10.6 Å². The van der Waals surface area contributed by atoms with Crippen molar-refractivity contribution >= 4 is 21.7 Å². The number of hydrogen-bond donors (Lipinski definition) is 0. The Morgan fingerprint density at radius 2 is 2.33 bits per heavy atom. The SMILES string of the molecule is O=C1C2C=C(Br)C(C3CCO[C@@H]23)[C@@]12CO2. The number of ether oxygens (including phenoxy) is 2. The van der Waals surface area contributed by atoms with Gasteiger partial charge in [0.2, 0.25) is 0 Å². The third-order valence-corrected chi connectivity index (χ3v) is 5.04. The first-order valence-electron chi connectivity index (χ1n) is 5.41. The van der Waals surface area contributed by atoms with Crippen molar-refractivity contribution in [2.24, 2.45) is 17.8 Å². The number of epoxide rings is 1. The van der Waals surface area contributed by atoms with Gasteiger partial charge in [-0.15, -0.1) is 0 Å². The van der Waals surface area contributed by atoms with Crippen LogP contribution in [0.2, 0.25) is 0 Å². The minimum absolute atomic E-state index is 0.0700. The Kier molecular flexibility index (Phi) is 1.51. The Bertz CT molecular complexity index is 385. The molecule has 4 heteroatoms. The van der Waals surface area contributed by atoms with Crippen molar-refractivity contribution in [1.82, 2.24) is 0 Å². The highest BCUT2D eigenvalue weighted by molar-refractivity contribution is 9.11. The lowest BCUT2D eigenvalue weighted by Crippen LogP contribution is -2.56. The Balaban J connectivity index is 1.89. The largest absolute Gasteiger partial charge is 0.377 e. The summed E-state index contributed by atoms with van der Waals surface area (Å²) in [5.41, 5.74) is -0.465. The van der Waals surface area contributed by atoms with Gasteiger partial charge in [0, 0.05) is 12.5 Å². The first-order chi connectivity index (χ1) is 7.24. The standard InChI is InChI=1S/C11H11BrO3/c12-7-3-6-9-5(1-2-14-9)8(7)11(4-15-11)10(6)13/h3,5-6,8-9H,1-2,4H2/t5?,6?,8?,9-,11+/m1/s1. The van der Waals surface area contributed by atoms with Gasteiger partial charge in [0.1, 0.15) is 0 Å². The van der Waals surface area contributed by atoms with Gasteiger partial charge < -0.3 is 9.47 Å². The van der Waals surface area contributed by atoms with E-state index in [2.05, 4.69) is 15.9 Å². The van der Waals surface area contributed by atoms with Gasteiger partial charge in [0.15, 0.2) is 11.4 Å². The predicted octanol–water partition coefficient (Wildman–Crippen LogP) is 1.27. The fourth-order valence-electron chi connectivity index (χ4n) is 3.56. The molecule has 2 saturated heterocycles. The lowest BCUT2D eigenvalue weighted by atomic mass is 9.61. The van der Waals surface area contributed by atoms with Crippen molar-refractivity contribution in [1.29, 1.82) is 0 Å². The number of ketones is 1. The minimum atomic E-state index is -0.465. The smallest absolute Gasteiger partial charge is 0.177 e. The maximum Gasteiger partial charge on any atom is 0.177 e. The molecule has 3 nitrogen and oxygen atoms in total. The highest BCUT2D eigenvalue weighted by atomic mass is 79.9. The van der Waals surface area contributed by atoms with E-state index in [0.717, 1.165) is 17.5 Å². The first-order valence-corrected chi connectivity index (χ1v) is 6.20. The maximum absolute atomic E-state index is 12.2. The van der Waals surface area contributed by atoms with Gasteiger partial charge in [-0.3, -0.25) is 4.79 Å². The molecular formula is C11H11BrO3. The van der Waals surface area contributed by atoms with Gasteiger partial charge in [-0.05, 0) is 16.8 Å². The van der Waals surface area contributed by atoms with Crippen molar-refractivity contribution < 1.29 is 14.3 Å². The molecule has 1 saturated carbocycles. The molecule has 0 radical (unpaired) electrons. The molecule has 2 bridgehead atoms. The van der Waals surface area contributed by atoms with Crippen LogP contribution in [0, 0.1) is 17.8 Å². The molecule has 0 aromatic rings. The minimum Gasteiger partial charge on any atom is -0.377 e. The van der Waals surface area contributed by atoms with Crippen molar-refractivity contribution in [3.8, 4) is 0 Å². The molecule has 0 aromatic carbocycles. The van der Waals surface area contributed by atoms with Crippen molar-refractivity contribution in [2.45, 2.75) is 18.1 Å². The lowest BCUT2D eigenvalue weighted by Gasteiger charge is -2.44. The van der Waals surface area contributed by atoms with E-state index in [-0.39, 0.29) is 23.7 Å². The van der Waals surface area contributed by atoms with E-state index < -0.39 is 5.60 Å². The molecule has 1 spiro atoms. The summed E-state index contributed by atoms with van der Waals surface area (Å²) < 4.78 is 12.3. The summed E-state index contributed by atoms with van der Waals surface area (Å²) in [6.45, 7) is 1.40. The molecule has 3 aliphatic carbocycles. The number of carbonyl (C=O) groups excluding carboxylic acids is 1. The topological polar surface area (TPSA) is 38.8 Å². The first kappa shape index (κ1) is 8.90. The van der Waals surface area contributed by atoms with Crippen LogP contribution in [-0.2, 0) is 14.3 Å². The second-order valence-corrected chi connectivity index (χ2v) is 5.80. The van der Waals surface area contributed by atoms with E-state index >= 15 is 0 Å². The predicted molar refractivity (Wildman–Crippen MR) is 55.5 cm³/mol. The average Bonchev–Trinajstić information content (AvgIpc) is 2.82. The second-order valence-electron chi connectivity index (χ2n) is 4.89. The van der Waals surface area contributed by atoms with Gasteiger partial charge in [0.25, 0.3) is 0 Å². The number of carbonyl (C=O) groups is 1. The molecule has 0 N–H and O–H groups in total. The van der Waals surface area contributed by atoms with Crippen LogP contribution in [-0.4, -0.2) is 30.7 Å². The Morgan fingerprint density at radius 3 is 3.07 bits per heavy atom. The van der Waals surface area contributed by atoms with Crippen molar-refractivity contribution in [3.63, 3.8) is 0 Å². The van der Waals surface area contributed by atoms with E-state index in [4.69, 9.17) is 9.47 Å². The molecule has 2 aliphatic heterocycles. The van der Waals surface area contributed by atoms with Gasteiger partial charge in [-0.1, -0.05) is 22.0 Å². The molecule has 5 rings (SSSR count). The summed E-state index contributed by atoms with van der Waals surface area (Å²) in [4.78, 5) is 12.2. The molecule has 0 amide bonds. The zero-order valence-corrected chi connectivity index (χ0v) is 9.70. The molecule has 15 heavy (non-hydrogen) atoms.